The second kappa shape index (κ2) is 9.29. The van der Waals surface area contributed by atoms with Crippen LogP contribution in [0, 0.1) is 0 Å². The molecule has 0 bridgehead atoms. The molecular formula is C24H31N5S. The van der Waals surface area contributed by atoms with Crippen LogP contribution in [0.4, 0.5) is 5.69 Å². The van der Waals surface area contributed by atoms with Crippen LogP contribution in [0.5, 0.6) is 0 Å². The van der Waals surface area contributed by atoms with Crippen molar-refractivity contribution < 1.29 is 0 Å². The van der Waals surface area contributed by atoms with Gasteiger partial charge in [-0.3, -0.25) is 0 Å². The first-order chi connectivity index (χ1) is 14.9. The number of rotatable bonds is 6. The second-order valence-corrected chi connectivity index (χ2v) is 9.76. The molecule has 2 aromatic heterocycles. The molecule has 158 valence electrons. The fourth-order valence-electron chi connectivity index (χ4n) is 5.19. The number of nitrogens with zero attached hydrogens (tertiary/aromatic N) is 5. The highest BCUT2D eigenvalue weighted by Crippen LogP contribution is 2.43. The molecule has 2 aliphatic rings. The zero-order chi connectivity index (χ0) is 20.2. The maximum atomic E-state index is 4.39. The fraction of sp³-hybridized carbons (Fsp3) is 0.500. The molecular weight excluding hydrogens is 390 g/mol. The number of aromatic nitrogens is 4. The molecule has 1 aliphatic carbocycles. The highest BCUT2D eigenvalue weighted by molar-refractivity contribution is 7.99. The highest BCUT2D eigenvalue weighted by atomic mass is 32.2. The van der Waals surface area contributed by atoms with E-state index < -0.39 is 0 Å². The summed E-state index contributed by atoms with van der Waals surface area (Å²) in [6.45, 7) is 2.40. The summed E-state index contributed by atoms with van der Waals surface area (Å²) in [6, 6.07) is 9.86. The topological polar surface area (TPSA) is 38.9 Å². The Morgan fingerprint density at radius 2 is 1.60 bits per heavy atom. The predicted molar refractivity (Wildman–Crippen MR) is 124 cm³/mol. The minimum absolute atomic E-state index is 0.396. The van der Waals surface area contributed by atoms with E-state index in [1.165, 1.54) is 62.9 Å². The molecule has 5 nitrogen and oxygen atoms in total. The standard InChI is InChI=1S/C24H31N5S/c1-2-8-21(27-13-5-6-14-27)20(7-1)17-30-23-10-4-3-9-22(28-15-11-25-18-28)24(23)29-16-12-26-19-29/h1-2,7-8,11-12,15-16,18-19,22-24H,3-6,9-10,13-14,17H2. The van der Waals surface area contributed by atoms with E-state index in [1.54, 1.807) is 0 Å². The number of benzene rings is 1. The normalized spacial score (nSPS) is 24.8. The lowest BCUT2D eigenvalue weighted by molar-refractivity contribution is 0.313. The number of anilines is 1. The zero-order valence-corrected chi connectivity index (χ0v) is 18.3. The van der Waals surface area contributed by atoms with Crippen LogP contribution in [0.2, 0.25) is 0 Å². The quantitative estimate of drug-likeness (QED) is 0.504. The third kappa shape index (κ3) is 4.15. The third-order valence-corrected chi connectivity index (χ3v) is 8.10. The summed E-state index contributed by atoms with van der Waals surface area (Å²) in [7, 11) is 0. The van der Waals surface area contributed by atoms with E-state index in [9.17, 15) is 0 Å². The van der Waals surface area contributed by atoms with E-state index in [-0.39, 0.29) is 0 Å². The molecule has 5 rings (SSSR count). The molecule has 2 fully saturated rings. The van der Waals surface area contributed by atoms with Gasteiger partial charge in [0.05, 0.1) is 24.7 Å². The molecule has 1 aromatic carbocycles. The molecule has 1 saturated carbocycles. The van der Waals surface area contributed by atoms with Gasteiger partial charge in [0, 0.05) is 54.6 Å². The van der Waals surface area contributed by atoms with Gasteiger partial charge in [-0.1, -0.05) is 31.0 Å². The third-order valence-electron chi connectivity index (χ3n) is 6.68. The van der Waals surface area contributed by atoms with Gasteiger partial charge >= 0.3 is 0 Å². The lowest BCUT2D eigenvalue weighted by Crippen LogP contribution is -2.29. The van der Waals surface area contributed by atoms with Crippen LogP contribution < -0.4 is 4.90 Å². The van der Waals surface area contributed by atoms with Crippen molar-refractivity contribution in [3.63, 3.8) is 0 Å². The van der Waals surface area contributed by atoms with E-state index in [4.69, 9.17) is 0 Å². The van der Waals surface area contributed by atoms with E-state index >= 15 is 0 Å². The minimum Gasteiger partial charge on any atom is -0.371 e. The van der Waals surface area contributed by atoms with Crippen molar-refractivity contribution in [3.05, 3.63) is 67.3 Å². The SMILES string of the molecule is c1ccc(N2CCCC2)c(CSC2CCCCC(n3ccnc3)C2n2ccnc2)c1. The molecule has 1 saturated heterocycles. The Balaban J connectivity index is 1.40. The van der Waals surface area contributed by atoms with Crippen LogP contribution in [-0.2, 0) is 5.75 Å². The Labute approximate surface area is 183 Å². The van der Waals surface area contributed by atoms with Gasteiger partial charge in [-0.15, -0.1) is 0 Å². The minimum atomic E-state index is 0.396. The van der Waals surface area contributed by atoms with Gasteiger partial charge in [0.1, 0.15) is 0 Å². The Bertz CT molecular complexity index is 902. The Morgan fingerprint density at radius 1 is 0.867 bits per heavy atom. The molecule has 0 spiro atoms. The van der Waals surface area contributed by atoms with Gasteiger partial charge in [-0.05, 0) is 37.3 Å². The second-order valence-electron chi connectivity index (χ2n) is 8.53. The van der Waals surface area contributed by atoms with Gasteiger partial charge in [-0.25, -0.2) is 9.97 Å². The van der Waals surface area contributed by atoms with Crippen molar-refractivity contribution in [1.82, 2.24) is 19.1 Å². The summed E-state index contributed by atoms with van der Waals surface area (Å²) in [5.74, 6) is 1.07. The van der Waals surface area contributed by atoms with Crippen LogP contribution in [0.15, 0.2) is 61.7 Å². The van der Waals surface area contributed by atoms with Crippen LogP contribution >= 0.6 is 11.8 Å². The summed E-state index contributed by atoms with van der Waals surface area (Å²) in [6.07, 6.45) is 19.7. The van der Waals surface area contributed by atoms with Crippen LogP contribution in [0.25, 0.3) is 0 Å². The zero-order valence-electron chi connectivity index (χ0n) is 17.5. The van der Waals surface area contributed by atoms with Crippen molar-refractivity contribution in [1.29, 1.82) is 0 Å². The molecule has 0 N–H and O–H groups in total. The summed E-state index contributed by atoms with van der Waals surface area (Å²) in [5, 5.41) is 0.556. The predicted octanol–water partition coefficient (Wildman–Crippen LogP) is 5.34. The maximum absolute atomic E-state index is 4.39. The average molecular weight is 422 g/mol. The Morgan fingerprint density at radius 3 is 2.37 bits per heavy atom. The molecule has 3 unspecified atom stereocenters. The van der Waals surface area contributed by atoms with E-state index in [1.807, 2.05) is 25.0 Å². The molecule has 1 aliphatic heterocycles. The molecule has 3 atom stereocenters. The maximum Gasteiger partial charge on any atom is 0.0949 e. The molecule has 3 aromatic rings. The van der Waals surface area contributed by atoms with Crippen molar-refractivity contribution in [2.45, 2.75) is 61.6 Å². The summed E-state index contributed by atoms with van der Waals surface area (Å²) < 4.78 is 4.67. The fourth-order valence-corrected chi connectivity index (χ4v) is 6.68. The number of thioether (sulfide) groups is 1. The van der Waals surface area contributed by atoms with Gasteiger partial charge < -0.3 is 14.0 Å². The monoisotopic (exact) mass is 421 g/mol. The van der Waals surface area contributed by atoms with Gasteiger partial charge in [0.2, 0.25) is 0 Å². The molecule has 0 amide bonds. The summed E-state index contributed by atoms with van der Waals surface area (Å²) in [5.41, 5.74) is 2.93. The number of imidazole rings is 2. The van der Waals surface area contributed by atoms with Gasteiger partial charge in [-0.2, -0.15) is 11.8 Å². The number of hydrogen-bond acceptors (Lipinski definition) is 4. The van der Waals surface area contributed by atoms with Crippen LogP contribution in [-0.4, -0.2) is 37.4 Å². The first-order valence-corrected chi connectivity index (χ1v) is 12.3. The number of para-hydroxylation sites is 1. The highest BCUT2D eigenvalue weighted by Gasteiger charge is 2.34. The summed E-state index contributed by atoms with van der Waals surface area (Å²) in [4.78, 5) is 11.3. The van der Waals surface area contributed by atoms with E-state index in [0.717, 1.165) is 5.75 Å². The van der Waals surface area contributed by atoms with Crippen molar-refractivity contribution >= 4 is 17.4 Å². The Hall–Kier alpha value is -2.21. The molecule has 0 radical (unpaired) electrons. The molecule has 6 heteroatoms. The van der Waals surface area contributed by atoms with Gasteiger partial charge in [0.25, 0.3) is 0 Å². The van der Waals surface area contributed by atoms with Crippen LogP contribution in [0.3, 0.4) is 0 Å². The smallest absolute Gasteiger partial charge is 0.0949 e. The van der Waals surface area contributed by atoms with Crippen molar-refractivity contribution in [3.8, 4) is 0 Å². The van der Waals surface area contributed by atoms with E-state index in [0.29, 0.717) is 17.3 Å². The largest absolute Gasteiger partial charge is 0.371 e. The molecule has 30 heavy (non-hydrogen) atoms. The number of hydrogen-bond donors (Lipinski definition) is 0. The van der Waals surface area contributed by atoms with Gasteiger partial charge in [0.15, 0.2) is 0 Å². The van der Waals surface area contributed by atoms with Crippen molar-refractivity contribution in [2.75, 3.05) is 18.0 Å². The van der Waals surface area contributed by atoms with Crippen molar-refractivity contribution in [2.24, 2.45) is 0 Å². The lowest BCUT2D eigenvalue weighted by atomic mass is 10.0. The Kier molecular flexibility index (Phi) is 6.11. The lowest BCUT2D eigenvalue weighted by Gasteiger charge is -2.33. The summed E-state index contributed by atoms with van der Waals surface area (Å²) >= 11 is 2.14. The van der Waals surface area contributed by atoms with Crippen LogP contribution in [0.1, 0.15) is 56.2 Å². The van der Waals surface area contributed by atoms with E-state index in [2.05, 4.69) is 72.4 Å². The first-order valence-electron chi connectivity index (χ1n) is 11.3. The molecule has 3 heterocycles. The first kappa shape index (κ1) is 19.7. The average Bonchev–Trinajstić information content (AvgIpc) is 3.55.